The summed E-state index contributed by atoms with van der Waals surface area (Å²) in [6.45, 7) is 6.98. The van der Waals surface area contributed by atoms with Crippen molar-refractivity contribution in [2.45, 2.75) is 95.3 Å². The second-order valence-corrected chi connectivity index (χ2v) is 12.3. The number of hydrogen-bond donors (Lipinski definition) is 6. The molecule has 5 fully saturated rings. The number of hydrogen-bond acceptors (Lipinski definition) is 10. The Bertz CT molecular complexity index is 951. The Morgan fingerprint density at radius 3 is 2.39 bits per heavy atom. The number of Topliss-reactive ketones (excluding diaryl/α,β-unsaturated/α-hetero) is 1. The molecule has 4 aliphatic carbocycles. The topological polar surface area (TPSA) is 174 Å². The third kappa shape index (κ3) is 3.35. The number of ketones is 1. The Hall–Kier alpha value is -1.40. The molecule has 5 aliphatic rings. The van der Waals surface area contributed by atoms with Crippen LogP contribution in [0.3, 0.4) is 0 Å². The van der Waals surface area contributed by atoms with Gasteiger partial charge < -0.3 is 40.1 Å². The van der Waals surface area contributed by atoms with Gasteiger partial charge in [-0.1, -0.05) is 19.9 Å². The van der Waals surface area contributed by atoms with Crippen LogP contribution in [-0.2, 0) is 19.1 Å². The van der Waals surface area contributed by atoms with Crippen LogP contribution in [-0.4, -0.2) is 91.9 Å². The molecule has 4 saturated carbocycles. The van der Waals surface area contributed by atoms with Gasteiger partial charge >= 0.3 is 5.97 Å². The maximum Gasteiger partial charge on any atom is 0.314 e. The molecule has 13 atom stereocenters. The number of allylic oxidation sites excluding steroid dienone is 1. The summed E-state index contributed by atoms with van der Waals surface area (Å²) in [6, 6.07) is 0. The number of rotatable bonds is 3. The van der Waals surface area contributed by atoms with E-state index in [4.69, 9.17) is 9.47 Å². The quantitative estimate of drug-likeness (QED) is 0.213. The van der Waals surface area contributed by atoms with Crippen LogP contribution >= 0.6 is 0 Å². The van der Waals surface area contributed by atoms with Crippen LogP contribution in [0.25, 0.3) is 0 Å². The molecule has 0 radical (unpaired) electrons. The maximum atomic E-state index is 13.7. The van der Waals surface area contributed by atoms with Crippen molar-refractivity contribution in [1.29, 1.82) is 0 Å². The zero-order valence-electron chi connectivity index (χ0n) is 20.7. The van der Waals surface area contributed by atoms with Gasteiger partial charge in [0, 0.05) is 17.3 Å². The molecule has 1 heterocycles. The lowest BCUT2D eigenvalue weighted by atomic mass is 9.39. The van der Waals surface area contributed by atoms with Gasteiger partial charge in [-0.05, 0) is 55.9 Å². The van der Waals surface area contributed by atoms with E-state index in [0.29, 0.717) is 37.7 Å². The smallest absolute Gasteiger partial charge is 0.314 e. The molecule has 0 aromatic carbocycles. The fraction of sp³-hybridized carbons (Fsp3) is 0.846. The summed E-state index contributed by atoms with van der Waals surface area (Å²) in [7, 11) is 0. The highest BCUT2D eigenvalue weighted by atomic mass is 16.7. The molecule has 5 rings (SSSR count). The van der Waals surface area contributed by atoms with Crippen molar-refractivity contribution in [3.05, 3.63) is 12.2 Å². The summed E-state index contributed by atoms with van der Waals surface area (Å²) in [4.78, 5) is 27.1. The first-order chi connectivity index (χ1) is 16.8. The lowest BCUT2D eigenvalue weighted by Gasteiger charge is -2.65. The summed E-state index contributed by atoms with van der Waals surface area (Å²) in [5.74, 6) is -2.00. The first-order valence-corrected chi connectivity index (χ1v) is 12.9. The molecule has 0 amide bonds. The number of fused-ring (bicyclic) bond motifs is 3. The highest BCUT2D eigenvalue weighted by Crippen LogP contribution is 2.71. The van der Waals surface area contributed by atoms with Crippen molar-refractivity contribution >= 4 is 11.8 Å². The summed E-state index contributed by atoms with van der Waals surface area (Å²) in [5, 5.41) is 62.8. The number of carbonyl (C=O) groups excluding carboxylic acids is 2. The molecule has 2 bridgehead atoms. The predicted octanol–water partition coefficient (Wildman–Crippen LogP) is -0.581. The minimum Gasteiger partial charge on any atom is -0.432 e. The Morgan fingerprint density at radius 1 is 1.03 bits per heavy atom. The van der Waals surface area contributed by atoms with Crippen molar-refractivity contribution in [1.82, 2.24) is 0 Å². The van der Waals surface area contributed by atoms with E-state index in [1.54, 1.807) is 6.92 Å². The average molecular weight is 511 g/mol. The fourth-order valence-corrected chi connectivity index (χ4v) is 9.04. The summed E-state index contributed by atoms with van der Waals surface area (Å²) < 4.78 is 10.9. The molecule has 202 valence electrons. The Labute approximate surface area is 209 Å². The third-order valence-electron chi connectivity index (χ3n) is 10.4. The number of aliphatic hydroxyl groups is 6. The van der Waals surface area contributed by atoms with E-state index in [0.717, 1.165) is 0 Å². The zero-order chi connectivity index (χ0) is 26.4. The average Bonchev–Trinajstić information content (AvgIpc) is 2.99. The normalized spacial score (nSPS) is 54.6. The van der Waals surface area contributed by atoms with Gasteiger partial charge in [-0.3, -0.25) is 9.59 Å². The molecule has 0 aromatic rings. The highest BCUT2D eigenvalue weighted by Gasteiger charge is 2.72. The molecule has 1 spiro atoms. The largest absolute Gasteiger partial charge is 0.432 e. The van der Waals surface area contributed by atoms with Crippen LogP contribution < -0.4 is 0 Å². The second-order valence-electron chi connectivity index (χ2n) is 12.3. The van der Waals surface area contributed by atoms with Gasteiger partial charge in [0.15, 0.2) is 5.78 Å². The Kier molecular flexibility index (Phi) is 6.23. The fourth-order valence-electron chi connectivity index (χ4n) is 9.04. The van der Waals surface area contributed by atoms with E-state index in [-0.39, 0.29) is 18.1 Å². The molecule has 1 aliphatic heterocycles. The monoisotopic (exact) mass is 510 g/mol. The van der Waals surface area contributed by atoms with Crippen LogP contribution in [0, 0.1) is 34.0 Å². The molecule has 36 heavy (non-hydrogen) atoms. The van der Waals surface area contributed by atoms with Crippen LogP contribution in [0.5, 0.6) is 0 Å². The van der Waals surface area contributed by atoms with Gasteiger partial charge in [0.1, 0.15) is 24.4 Å². The van der Waals surface area contributed by atoms with Crippen molar-refractivity contribution < 1.29 is 49.7 Å². The van der Waals surface area contributed by atoms with E-state index < -0.39 is 83.6 Å². The van der Waals surface area contributed by atoms with Gasteiger partial charge in [-0.25, -0.2) is 0 Å². The van der Waals surface area contributed by atoms with Gasteiger partial charge in [0.05, 0.1) is 24.2 Å². The lowest BCUT2D eigenvalue weighted by Crippen LogP contribution is -2.67. The van der Waals surface area contributed by atoms with E-state index in [2.05, 4.69) is 6.58 Å². The minimum absolute atomic E-state index is 0.0797. The van der Waals surface area contributed by atoms with Crippen LogP contribution in [0.1, 0.15) is 52.4 Å². The Morgan fingerprint density at radius 2 is 1.72 bits per heavy atom. The molecule has 0 aromatic heterocycles. The van der Waals surface area contributed by atoms with Gasteiger partial charge in [-0.15, -0.1) is 0 Å². The lowest BCUT2D eigenvalue weighted by molar-refractivity contribution is -0.300. The molecule has 2 unspecified atom stereocenters. The van der Waals surface area contributed by atoms with E-state index in [9.17, 15) is 40.2 Å². The third-order valence-corrected chi connectivity index (χ3v) is 10.4. The number of esters is 1. The first kappa shape index (κ1) is 26.2. The van der Waals surface area contributed by atoms with Crippen molar-refractivity contribution in [2.75, 3.05) is 6.61 Å². The predicted molar refractivity (Wildman–Crippen MR) is 123 cm³/mol. The maximum absolute atomic E-state index is 13.7. The molecular weight excluding hydrogens is 472 g/mol. The van der Waals surface area contributed by atoms with Gasteiger partial charge in [0.25, 0.3) is 0 Å². The van der Waals surface area contributed by atoms with Crippen molar-refractivity contribution in [3.63, 3.8) is 0 Å². The van der Waals surface area contributed by atoms with Crippen LogP contribution in [0.2, 0.25) is 0 Å². The number of carbonyl (C=O) groups is 2. The van der Waals surface area contributed by atoms with E-state index >= 15 is 0 Å². The number of ether oxygens (including phenoxy) is 2. The SMILES string of the molecule is C=C1C(=O)[C@@]23CC(O)[C@H]4[C@@](C)(CCC[C@@]4(C)C(=O)O[C@@H]4O[C@H](CO)[C@@H](O)[C@H](O)[C@H]4O)[C@@H]2C(O)C[C@@H]1C3. The van der Waals surface area contributed by atoms with E-state index in [1.165, 1.54) is 0 Å². The summed E-state index contributed by atoms with van der Waals surface area (Å²) in [5.41, 5.74) is -2.36. The zero-order valence-corrected chi connectivity index (χ0v) is 20.7. The number of aliphatic hydroxyl groups excluding tert-OH is 6. The van der Waals surface area contributed by atoms with E-state index in [1.807, 2.05) is 6.92 Å². The van der Waals surface area contributed by atoms with Gasteiger partial charge in [0.2, 0.25) is 6.29 Å². The van der Waals surface area contributed by atoms with Crippen LogP contribution in [0.15, 0.2) is 12.2 Å². The van der Waals surface area contributed by atoms with Crippen molar-refractivity contribution in [2.24, 2.45) is 34.0 Å². The molecule has 10 heteroatoms. The summed E-state index contributed by atoms with van der Waals surface area (Å²) >= 11 is 0. The Balaban J connectivity index is 1.47. The summed E-state index contributed by atoms with van der Waals surface area (Å²) in [6.07, 6.45) is -6.93. The molecular formula is C26H38O10. The second kappa shape index (κ2) is 8.56. The highest BCUT2D eigenvalue weighted by molar-refractivity contribution is 6.03. The van der Waals surface area contributed by atoms with Crippen molar-refractivity contribution in [3.8, 4) is 0 Å². The molecule has 10 nitrogen and oxygen atoms in total. The first-order valence-electron chi connectivity index (χ1n) is 12.9. The molecule has 1 saturated heterocycles. The van der Waals surface area contributed by atoms with Gasteiger partial charge in [-0.2, -0.15) is 0 Å². The molecule has 6 N–H and O–H groups in total. The standard InChI is InChI=1S/C26H38O10/c1-11-12-7-13(28)20-24(2)5-4-6-25(3,19(24)14(29)9-26(20,8-12)21(11)33)23(34)36-22-18(32)17(31)16(30)15(10-27)35-22/h12-20,22,27-32H,1,4-10H2,2-3H3/t12-,13?,14?,15-,16-,17+,18-,19+,20+,22+,24-,25-,26+/m1/s1. The minimum atomic E-state index is -1.73. The van der Waals surface area contributed by atoms with Crippen LogP contribution in [0.4, 0.5) is 0 Å².